The Morgan fingerprint density at radius 2 is 1.45 bits per heavy atom. The third kappa shape index (κ3) is 2.29. The van der Waals surface area contributed by atoms with Crippen LogP contribution in [0.1, 0.15) is 11.4 Å². The zero-order chi connectivity index (χ0) is 14.3. The van der Waals surface area contributed by atoms with Crippen LogP contribution in [0.4, 0.5) is 0 Å². The molecule has 0 aliphatic rings. The van der Waals surface area contributed by atoms with Crippen LogP contribution >= 0.6 is 15.9 Å². The molecule has 0 N–H and O–H groups in total. The Morgan fingerprint density at radius 1 is 0.850 bits per heavy atom. The number of halogens is 1. The number of hydrogen-bond donors (Lipinski definition) is 0. The van der Waals surface area contributed by atoms with Gasteiger partial charge in [-0.3, -0.25) is 4.79 Å². The van der Waals surface area contributed by atoms with Crippen molar-refractivity contribution in [3.8, 4) is 5.69 Å². The Labute approximate surface area is 125 Å². The van der Waals surface area contributed by atoms with Crippen LogP contribution in [0, 0.1) is 13.8 Å². The fraction of sp³-hybridized carbons (Fsp3) is 0.118. The second kappa shape index (κ2) is 4.91. The van der Waals surface area contributed by atoms with Crippen LogP contribution in [0.25, 0.3) is 16.5 Å². The number of hydrogen-bond acceptors (Lipinski definition) is 1. The Bertz CT molecular complexity index is 838. The number of benzene rings is 2. The number of fused-ring (bicyclic) bond motifs is 1. The molecular formula is C17H14BrNO. The SMILES string of the molecule is Cc1cc(=O)cc(C)n1-c1ccc2cc(Br)ccc2c1. The number of nitrogens with zero attached hydrogens (tertiary/aromatic N) is 1. The van der Waals surface area contributed by atoms with Gasteiger partial charge in [0.15, 0.2) is 5.43 Å². The standard InChI is InChI=1S/C17H14BrNO/c1-11-7-17(20)8-12(2)19(11)16-6-4-13-9-15(18)5-3-14(13)10-16/h3-10H,1-2H3. The average Bonchev–Trinajstić information content (AvgIpc) is 2.37. The maximum Gasteiger partial charge on any atom is 0.182 e. The highest BCUT2D eigenvalue weighted by Crippen LogP contribution is 2.23. The molecule has 0 aliphatic carbocycles. The van der Waals surface area contributed by atoms with Gasteiger partial charge in [0.1, 0.15) is 0 Å². The summed E-state index contributed by atoms with van der Waals surface area (Å²) in [4.78, 5) is 11.5. The smallest absolute Gasteiger partial charge is 0.182 e. The molecule has 0 amide bonds. The van der Waals surface area contributed by atoms with Crippen LogP contribution in [0.15, 0.2) is 57.8 Å². The number of aromatic nitrogens is 1. The molecule has 0 bridgehead atoms. The van der Waals surface area contributed by atoms with Crippen molar-refractivity contribution >= 4 is 26.7 Å². The first-order chi connectivity index (χ1) is 9.54. The molecule has 3 heteroatoms. The molecule has 0 unspecified atom stereocenters. The maximum absolute atomic E-state index is 11.5. The van der Waals surface area contributed by atoms with E-state index < -0.39 is 0 Å². The fourth-order valence-electron chi connectivity index (χ4n) is 2.61. The van der Waals surface area contributed by atoms with Gasteiger partial charge in [-0.2, -0.15) is 0 Å². The zero-order valence-corrected chi connectivity index (χ0v) is 12.9. The lowest BCUT2D eigenvalue weighted by Gasteiger charge is -2.15. The third-order valence-corrected chi connectivity index (χ3v) is 3.95. The van der Waals surface area contributed by atoms with E-state index in [-0.39, 0.29) is 5.43 Å². The molecule has 0 saturated heterocycles. The summed E-state index contributed by atoms with van der Waals surface area (Å²) in [5.74, 6) is 0. The minimum Gasteiger partial charge on any atom is -0.318 e. The van der Waals surface area contributed by atoms with E-state index >= 15 is 0 Å². The van der Waals surface area contributed by atoms with Gasteiger partial charge >= 0.3 is 0 Å². The summed E-state index contributed by atoms with van der Waals surface area (Å²) in [7, 11) is 0. The first-order valence-corrected chi connectivity index (χ1v) is 7.24. The van der Waals surface area contributed by atoms with Crippen molar-refractivity contribution in [2.45, 2.75) is 13.8 Å². The summed E-state index contributed by atoms with van der Waals surface area (Å²) in [6, 6.07) is 15.9. The molecule has 2 aromatic carbocycles. The minimum absolute atomic E-state index is 0.0565. The van der Waals surface area contributed by atoms with E-state index in [4.69, 9.17) is 0 Å². The predicted molar refractivity (Wildman–Crippen MR) is 86.7 cm³/mol. The van der Waals surface area contributed by atoms with Crippen molar-refractivity contribution in [1.82, 2.24) is 4.57 Å². The lowest BCUT2D eigenvalue weighted by Crippen LogP contribution is -2.11. The van der Waals surface area contributed by atoms with Gasteiger partial charge in [0.25, 0.3) is 0 Å². The molecule has 1 aromatic heterocycles. The Kier molecular flexibility index (Phi) is 3.22. The largest absolute Gasteiger partial charge is 0.318 e. The highest BCUT2D eigenvalue weighted by Gasteiger charge is 2.05. The Hall–Kier alpha value is -1.87. The zero-order valence-electron chi connectivity index (χ0n) is 11.4. The molecule has 3 aromatic rings. The van der Waals surface area contributed by atoms with Crippen LogP contribution in [-0.4, -0.2) is 4.57 Å². The molecule has 2 nitrogen and oxygen atoms in total. The summed E-state index contributed by atoms with van der Waals surface area (Å²) >= 11 is 3.49. The van der Waals surface area contributed by atoms with E-state index in [1.54, 1.807) is 12.1 Å². The first kappa shape index (κ1) is 13.1. The maximum atomic E-state index is 11.5. The number of pyridine rings is 1. The highest BCUT2D eigenvalue weighted by molar-refractivity contribution is 9.10. The molecule has 0 spiro atoms. The van der Waals surface area contributed by atoms with Gasteiger partial charge in [-0.05, 0) is 48.9 Å². The van der Waals surface area contributed by atoms with Crippen LogP contribution in [0.5, 0.6) is 0 Å². The van der Waals surface area contributed by atoms with Gasteiger partial charge in [0.2, 0.25) is 0 Å². The molecule has 20 heavy (non-hydrogen) atoms. The normalized spacial score (nSPS) is 10.9. The van der Waals surface area contributed by atoms with Crippen LogP contribution in [0.3, 0.4) is 0 Å². The molecule has 0 radical (unpaired) electrons. The monoisotopic (exact) mass is 327 g/mol. The fourth-order valence-corrected chi connectivity index (χ4v) is 2.99. The molecular weight excluding hydrogens is 314 g/mol. The second-order valence-electron chi connectivity index (χ2n) is 4.98. The molecule has 0 aliphatic heterocycles. The van der Waals surface area contributed by atoms with Crippen molar-refractivity contribution in [3.05, 3.63) is 74.6 Å². The summed E-state index contributed by atoms with van der Waals surface area (Å²) in [6.07, 6.45) is 0. The lowest BCUT2D eigenvalue weighted by atomic mass is 10.1. The van der Waals surface area contributed by atoms with Gasteiger partial charge in [-0.1, -0.05) is 28.1 Å². The van der Waals surface area contributed by atoms with Crippen molar-refractivity contribution in [2.75, 3.05) is 0 Å². The first-order valence-electron chi connectivity index (χ1n) is 6.44. The average molecular weight is 328 g/mol. The van der Waals surface area contributed by atoms with E-state index in [1.165, 1.54) is 10.8 Å². The third-order valence-electron chi connectivity index (χ3n) is 3.45. The molecule has 0 fully saturated rings. The molecule has 3 rings (SSSR count). The quantitative estimate of drug-likeness (QED) is 0.650. The van der Waals surface area contributed by atoms with Crippen molar-refractivity contribution < 1.29 is 0 Å². The van der Waals surface area contributed by atoms with Crippen LogP contribution < -0.4 is 5.43 Å². The minimum atomic E-state index is 0.0565. The van der Waals surface area contributed by atoms with E-state index in [2.05, 4.69) is 50.8 Å². The van der Waals surface area contributed by atoms with Gasteiger partial charge in [0.05, 0.1) is 0 Å². The Morgan fingerprint density at radius 3 is 2.15 bits per heavy atom. The second-order valence-corrected chi connectivity index (χ2v) is 5.90. The predicted octanol–water partition coefficient (Wildman–Crippen LogP) is 4.37. The van der Waals surface area contributed by atoms with Gasteiger partial charge in [-0.25, -0.2) is 0 Å². The topological polar surface area (TPSA) is 22.0 Å². The highest BCUT2D eigenvalue weighted by atomic mass is 79.9. The molecule has 0 saturated carbocycles. The van der Waals surface area contributed by atoms with Crippen LogP contribution in [-0.2, 0) is 0 Å². The van der Waals surface area contributed by atoms with Gasteiger partial charge in [-0.15, -0.1) is 0 Å². The van der Waals surface area contributed by atoms with E-state index in [0.29, 0.717) is 0 Å². The Balaban J connectivity index is 2.25. The summed E-state index contributed by atoms with van der Waals surface area (Å²) < 4.78 is 3.18. The molecule has 1 heterocycles. The summed E-state index contributed by atoms with van der Waals surface area (Å²) in [5.41, 5.74) is 3.04. The number of aryl methyl sites for hydroxylation is 2. The van der Waals surface area contributed by atoms with Crippen molar-refractivity contribution in [3.63, 3.8) is 0 Å². The summed E-state index contributed by atoms with van der Waals surface area (Å²) in [6.45, 7) is 3.92. The summed E-state index contributed by atoms with van der Waals surface area (Å²) in [5, 5.41) is 2.38. The lowest BCUT2D eigenvalue weighted by molar-refractivity contribution is 0.924. The van der Waals surface area contributed by atoms with E-state index in [0.717, 1.165) is 21.5 Å². The van der Waals surface area contributed by atoms with E-state index in [9.17, 15) is 4.79 Å². The van der Waals surface area contributed by atoms with Crippen molar-refractivity contribution in [1.29, 1.82) is 0 Å². The van der Waals surface area contributed by atoms with Gasteiger partial charge in [0, 0.05) is 33.7 Å². The molecule has 0 atom stereocenters. The number of rotatable bonds is 1. The van der Waals surface area contributed by atoms with Crippen molar-refractivity contribution in [2.24, 2.45) is 0 Å². The van der Waals surface area contributed by atoms with Crippen LogP contribution in [0.2, 0.25) is 0 Å². The van der Waals surface area contributed by atoms with Gasteiger partial charge < -0.3 is 4.57 Å². The van der Waals surface area contributed by atoms with E-state index in [1.807, 2.05) is 19.9 Å². The molecule has 100 valence electrons.